The highest BCUT2D eigenvalue weighted by Gasteiger charge is 2.56. The molecule has 13 atom stereocenters. The lowest BCUT2D eigenvalue weighted by Crippen LogP contribution is -2.40. The molecule has 5 aromatic heterocycles. The molecule has 0 saturated carbocycles. The summed E-state index contributed by atoms with van der Waals surface area (Å²) >= 11 is 0. The van der Waals surface area contributed by atoms with Crippen LogP contribution in [0, 0.1) is 0 Å². The van der Waals surface area contributed by atoms with E-state index in [1.807, 2.05) is 0 Å². The van der Waals surface area contributed by atoms with Crippen molar-refractivity contribution in [3.63, 3.8) is 0 Å². The first kappa shape index (κ1) is 46.9. The molecule has 8 rings (SSSR count). The van der Waals surface area contributed by atoms with Crippen molar-refractivity contribution in [1.82, 2.24) is 48.6 Å². The first-order valence-electron chi connectivity index (χ1n) is 18.5. The Morgan fingerprint density at radius 3 is 1.78 bits per heavy atom. The quantitative estimate of drug-likeness (QED) is 0.0419. The lowest BCUT2D eigenvalue weighted by atomic mass is 10.1. The lowest BCUT2D eigenvalue weighted by Gasteiger charge is -2.30. The maximum atomic E-state index is 15.2. The van der Waals surface area contributed by atoms with E-state index in [1.165, 1.54) is 6.07 Å². The fourth-order valence-electron chi connectivity index (χ4n) is 7.18. The van der Waals surface area contributed by atoms with Crippen LogP contribution in [0.4, 0.5) is 17.5 Å². The first-order chi connectivity index (χ1) is 30.6. The predicted octanol–water partition coefficient (Wildman–Crippen LogP) is -4.08. The maximum Gasteiger partial charge on any atom is 0.475 e. The van der Waals surface area contributed by atoms with Crippen molar-refractivity contribution in [2.45, 2.75) is 73.6 Å². The van der Waals surface area contributed by atoms with E-state index in [0.717, 1.165) is 45.2 Å². The van der Waals surface area contributed by atoms with E-state index in [9.17, 15) is 53.9 Å². The summed E-state index contributed by atoms with van der Waals surface area (Å²) < 4.78 is 86.2. The molecule has 0 spiro atoms. The average Bonchev–Trinajstić information content (AvgIpc) is 4.04. The lowest BCUT2D eigenvalue weighted by molar-refractivity contribution is -0.0732. The van der Waals surface area contributed by atoms with Gasteiger partial charge in [-0.25, -0.2) is 48.4 Å². The van der Waals surface area contributed by atoms with Gasteiger partial charge in [0.15, 0.2) is 41.6 Å². The third kappa shape index (κ3) is 9.66. The van der Waals surface area contributed by atoms with E-state index in [-0.39, 0.29) is 39.8 Å². The minimum absolute atomic E-state index is 0.00245. The zero-order chi connectivity index (χ0) is 46.7. The van der Waals surface area contributed by atoms with Crippen molar-refractivity contribution in [3.8, 4) is 0 Å². The second-order valence-electron chi connectivity index (χ2n) is 14.3. The Kier molecular flexibility index (Phi) is 12.9. The topological polar surface area (TPSA) is 487 Å². The number of fused-ring (bicyclic) bond motifs is 2. The molecule has 354 valence electrons. The van der Waals surface area contributed by atoms with Crippen molar-refractivity contribution >= 4 is 63.2 Å². The summed E-state index contributed by atoms with van der Waals surface area (Å²) in [6, 6.07) is 1.19. The van der Waals surface area contributed by atoms with E-state index in [0.29, 0.717) is 0 Å². The number of nitrogens with two attached hydrogens (primary N) is 3. The molecule has 8 heterocycles. The largest absolute Gasteiger partial charge is 0.475 e. The number of aromatic nitrogens is 10. The van der Waals surface area contributed by atoms with Crippen LogP contribution in [0.1, 0.15) is 18.7 Å². The predicted molar refractivity (Wildman–Crippen MR) is 207 cm³/mol. The summed E-state index contributed by atoms with van der Waals surface area (Å²) in [6.07, 6.45) is -16.7. The summed E-state index contributed by atoms with van der Waals surface area (Å²) in [5, 5.41) is 45.5. The Hall–Kier alpha value is -4.57. The molecule has 0 aliphatic carbocycles. The van der Waals surface area contributed by atoms with Gasteiger partial charge < -0.3 is 71.4 Å². The third-order valence-electron chi connectivity index (χ3n) is 10.1. The van der Waals surface area contributed by atoms with Gasteiger partial charge in [-0.1, -0.05) is 0 Å². The van der Waals surface area contributed by atoms with Crippen LogP contribution in [0.5, 0.6) is 0 Å². The number of imidazole rings is 2. The second-order valence-corrected chi connectivity index (χ2v) is 18.4. The highest BCUT2D eigenvalue weighted by molar-refractivity contribution is 7.48. The van der Waals surface area contributed by atoms with E-state index >= 15 is 4.57 Å². The van der Waals surface area contributed by atoms with Crippen LogP contribution in [-0.2, 0) is 50.5 Å². The van der Waals surface area contributed by atoms with Crippen LogP contribution in [0.25, 0.3) is 22.3 Å². The molecule has 65 heavy (non-hydrogen) atoms. The Labute approximate surface area is 360 Å². The van der Waals surface area contributed by atoms with Crippen molar-refractivity contribution in [2.75, 3.05) is 37.0 Å². The summed E-state index contributed by atoms with van der Waals surface area (Å²) in [7, 11) is -16.2. The fraction of sp³-hybridized carbons (Fsp3) is 0.517. The van der Waals surface area contributed by atoms with E-state index in [1.54, 1.807) is 0 Å². The smallest absolute Gasteiger partial charge is 0.387 e. The molecule has 33 nitrogen and oxygen atoms in total. The number of rotatable bonds is 16. The number of anilines is 3. The number of phosphoric acid groups is 3. The van der Waals surface area contributed by atoms with Gasteiger partial charge in [0.2, 0.25) is 0 Å². The second kappa shape index (κ2) is 17.9. The molecule has 0 unspecified atom stereocenters. The van der Waals surface area contributed by atoms with Crippen LogP contribution in [0.2, 0.25) is 0 Å². The number of hydrogen-bond acceptors (Lipinski definition) is 26. The Bertz CT molecular complexity index is 2750. The van der Waals surface area contributed by atoms with E-state index in [2.05, 4.69) is 43.9 Å². The maximum absolute atomic E-state index is 15.2. The summed E-state index contributed by atoms with van der Waals surface area (Å²) in [5.41, 5.74) is 16.6. The molecule has 14 N–H and O–H groups in total. The van der Waals surface area contributed by atoms with Gasteiger partial charge in [0.25, 0.3) is 0 Å². The minimum Gasteiger partial charge on any atom is -0.387 e. The van der Waals surface area contributed by atoms with Crippen LogP contribution in [0.15, 0.2) is 42.4 Å². The first-order valence-corrected chi connectivity index (χ1v) is 23.0. The van der Waals surface area contributed by atoms with Gasteiger partial charge in [-0.05, 0) is 6.07 Å². The van der Waals surface area contributed by atoms with Crippen molar-refractivity contribution in [3.05, 3.63) is 48.1 Å². The van der Waals surface area contributed by atoms with Crippen LogP contribution in [-0.4, -0.2) is 163 Å². The van der Waals surface area contributed by atoms with Gasteiger partial charge in [0.1, 0.15) is 90.8 Å². The normalized spacial score (nSPS) is 30.7. The number of aliphatic hydroxyl groups is 4. The van der Waals surface area contributed by atoms with Gasteiger partial charge >= 0.3 is 29.2 Å². The third-order valence-corrected chi connectivity index (χ3v) is 12.6. The number of phosphoric ester groups is 3. The Balaban J connectivity index is 1.15. The molecular weight excluding hydrogens is 943 g/mol. The van der Waals surface area contributed by atoms with Gasteiger partial charge in [-0.15, -0.1) is 0 Å². The summed E-state index contributed by atoms with van der Waals surface area (Å²) in [4.78, 5) is 78.4. The number of nitrogen functional groups attached to an aromatic ring is 3. The molecule has 3 fully saturated rings. The fourth-order valence-corrected chi connectivity index (χ4v) is 9.48. The monoisotopic (exact) mass is 981 g/mol. The van der Waals surface area contributed by atoms with Crippen LogP contribution < -0.4 is 22.9 Å². The van der Waals surface area contributed by atoms with Gasteiger partial charge in [0, 0.05) is 6.20 Å². The van der Waals surface area contributed by atoms with Crippen molar-refractivity contribution < 1.29 is 90.5 Å². The molecule has 3 saturated heterocycles. The average molecular weight is 982 g/mol. The Morgan fingerprint density at radius 1 is 0.631 bits per heavy atom. The van der Waals surface area contributed by atoms with E-state index in [4.69, 9.17) is 45.0 Å². The zero-order valence-corrected chi connectivity index (χ0v) is 35.2. The molecule has 0 amide bonds. The highest BCUT2D eigenvalue weighted by atomic mass is 31.2. The number of aliphatic hydroxyl groups excluding tert-OH is 4. The van der Waals surface area contributed by atoms with E-state index < -0.39 is 123 Å². The molecule has 0 radical (unpaired) electrons. The highest BCUT2D eigenvalue weighted by Crippen LogP contribution is 2.57. The molecule has 36 heteroatoms. The van der Waals surface area contributed by atoms with Gasteiger partial charge in [-0.3, -0.25) is 36.3 Å². The Morgan fingerprint density at radius 2 is 1.17 bits per heavy atom. The minimum atomic E-state index is -5.62. The standard InChI is InChI=1S/C29H38N13O20P3/c30-13-1-2-40(29(47)39-13)26-17(44)16(43)10(58-26)3-57-65(54,61-20-11(4-55-63(48,49)50)59-27(18(20)45)41-9-38-24-15(41)23(32)34-6-35-24)62-21-12(5-56-64(51,52)53)60-28(19(21)46)42-8-37-14-22(31)33-7-36-25(14)42/h1-2,6-12,16-21,26-28,43-46H,3-5H2,(H2,30,39,47)(H2,31,33,36)(H2,32,34,35)(H2,48,49,50)(H2,51,52,53)/t10-,11-,12-,16-,17-,18-,19-,20-,21-,26-,27-,28-,65-/m1/s1. The summed E-state index contributed by atoms with van der Waals surface area (Å²) in [5.74, 6) is -0.427. The number of hydrogen-bond donors (Lipinski definition) is 11. The van der Waals surface area contributed by atoms with Crippen LogP contribution in [0.3, 0.4) is 0 Å². The molecule has 3 aliphatic rings. The molecular formula is C29H38N13O20P3. The molecule has 5 aromatic rings. The SMILES string of the molecule is Nc1ccn([C@@H]2O[C@H](CO[P@@](=O)(O[C@H]3[C@@H](O)[C@H](n4cnc5c(N)ncnc54)O[C@@H]3COP(=O)(O)O)O[C@H]3[C@@H](O)[C@H](n4cnc5ncnc(N)c54)O[C@@H]3COP(=O)(O)O)[C@@H](O)[C@H]2O)c(=O)n1. The van der Waals surface area contributed by atoms with Crippen molar-refractivity contribution in [1.29, 1.82) is 0 Å². The molecule has 0 bridgehead atoms. The molecule has 3 aliphatic heterocycles. The van der Waals surface area contributed by atoms with Gasteiger partial charge in [0.05, 0.1) is 26.1 Å². The van der Waals surface area contributed by atoms with Gasteiger partial charge in [-0.2, -0.15) is 4.98 Å². The number of ether oxygens (including phenoxy) is 3. The number of nitrogens with zero attached hydrogens (tertiary/aromatic N) is 10. The zero-order valence-electron chi connectivity index (χ0n) is 32.5. The molecule has 0 aromatic carbocycles. The van der Waals surface area contributed by atoms with Crippen molar-refractivity contribution in [2.24, 2.45) is 0 Å². The van der Waals surface area contributed by atoms with Crippen LogP contribution >= 0.6 is 23.5 Å². The summed E-state index contributed by atoms with van der Waals surface area (Å²) in [6.45, 7) is -3.24.